The van der Waals surface area contributed by atoms with E-state index in [4.69, 9.17) is 0 Å². The minimum absolute atomic E-state index is 0.0163. The first-order valence-corrected chi connectivity index (χ1v) is 5.69. The average molecular weight is 238 g/mol. The summed E-state index contributed by atoms with van der Waals surface area (Å²) >= 11 is 0. The van der Waals surface area contributed by atoms with Crippen LogP contribution in [0.4, 0.5) is 20.2 Å². The zero-order valence-corrected chi connectivity index (χ0v) is 9.09. The number of anilines is 2. The van der Waals surface area contributed by atoms with Gasteiger partial charge in [0, 0.05) is 18.5 Å². The molecule has 0 aromatic heterocycles. The topological polar surface area (TPSA) is 41.1 Å². The summed E-state index contributed by atoms with van der Waals surface area (Å²) in [5.74, 6) is -1.16. The van der Waals surface area contributed by atoms with Crippen LogP contribution in [0.5, 0.6) is 0 Å². The summed E-state index contributed by atoms with van der Waals surface area (Å²) < 4.78 is 26.7. The van der Waals surface area contributed by atoms with Crippen molar-refractivity contribution in [3.63, 3.8) is 0 Å². The minimum atomic E-state index is -0.739. The van der Waals surface area contributed by atoms with Gasteiger partial charge < -0.3 is 10.6 Å². The van der Waals surface area contributed by atoms with Crippen molar-refractivity contribution in [3.05, 3.63) is 23.8 Å². The Labute approximate surface area is 97.2 Å². The van der Waals surface area contributed by atoms with E-state index in [-0.39, 0.29) is 17.6 Å². The molecular weight excluding hydrogens is 226 g/mol. The molecule has 0 bridgehead atoms. The Balaban J connectivity index is 2.01. The van der Waals surface area contributed by atoms with Crippen LogP contribution in [0, 0.1) is 17.6 Å². The molecule has 1 heterocycles. The van der Waals surface area contributed by atoms with Gasteiger partial charge in [-0.05, 0) is 24.8 Å². The van der Waals surface area contributed by atoms with Crippen LogP contribution in [0.25, 0.3) is 0 Å². The average Bonchev–Trinajstić information content (AvgIpc) is 3.03. The van der Waals surface area contributed by atoms with Gasteiger partial charge in [-0.1, -0.05) is 0 Å². The second kappa shape index (κ2) is 3.68. The third kappa shape index (κ3) is 1.97. The summed E-state index contributed by atoms with van der Waals surface area (Å²) in [6.07, 6.45) is 2.44. The summed E-state index contributed by atoms with van der Waals surface area (Å²) in [7, 11) is 0. The number of hydrogen-bond acceptors (Lipinski definition) is 2. The number of halogens is 2. The van der Waals surface area contributed by atoms with Gasteiger partial charge in [-0.3, -0.25) is 4.79 Å². The third-order valence-corrected chi connectivity index (χ3v) is 3.26. The quantitative estimate of drug-likeness (QED) is 0.789. The van der Waals surface area contributed by atoms with Crippen LogP contribution in [-0.2, 0) is 4.79 Å². The Kier molecular flexibility index (Phi) is 2.28. The fourth-order valence-electron chi connectivity index (χ4n) is 2.24. The Bertz CT molecular complexity index is 486. The largest absolute Gasteiger partial charge is 0.380 e. The van der Waals surface area contributed by atoms with Crippen LogP contribution < -0.4 is 10.6 Å². The summed E-state index contributed by atoms with van der Waals surface area (Å²) in [5.41, 5.74) is 0.393. The zero-order chi connectivity index (χ0) is 12.0. The van der Waals surface area contributed by atoms with Crippen molar-refractivity contribution >= 4 is 17.3 Å². The van der Waals surface area contributed by atoms with Crippen molar-refractivity contribution in [2.75, 3.05) is 10.6 Å². The molecule has 2 N–H and O–H groups in total. The van der Waals surface area contributed by atoms with E-state index in [9.17, 15) is 13.6 Å². The van der Waals surface area contributed by atoms with Gasteiger partial charge in [0.1, 0.15) is 11.5 Å². The molecule has 1 unspecified atom stereocenters. The lowest BCUT2D eigenvalue weighted by Gasteiger charge is -2.15. The molecule has 1 aromatic carbocycles. The number of carbonyl (C=O) groups excluding carboxylic acids is 1. The molecular formula is C12H12F2N2O. The number of hydrogen-bond donors (Lipinski definition) is 2. The molecule has 0 radical (unpaired) electrons. The molecule has 1 saturated carbocycles. The predicted molar refractivity (Wildman–Crippen MR) is 59.7 cm³/mol. The maximum atomic E-state index is 13.5. The fourth-order valence-corrected chi connectivity index (χ4v) is 2.24. The molecule has 1 aliphatic carbocycles. The molecule has 0 spiro atoms. The number of amides is 1. The number of fused-ring (bicyclic) bond motifs is 1. The SMILES string of the molecule is O=C1CC(C2CC2)Nc2cc(F)cc(F)c2N1. The van der Waals surface area contributed by atoms with Crippen LogP contribution in [0.1, 0.15) is 19.3 Å². The van der Waals surface area contributed by atoms with E-state index in [1.165, 1.54) is 6.07 Å². The highest BCUT2D eigenvalue weighted by atomic mass is 19.1. The van der Waals surface area contributed by atoms with Gasteiger partial charge in [-0.15, -0.1) is 0 Å². The lowest BCUT2D eigenvalue weighted by molar-refractivity contribution is -0.116. The van der Waals surface area contributed by atoms with Crippen LogP contribution in [-0.4, -0.2) is 11.9 Å². The molecule has 1 fully saturated rings. The van der Waals surface area contributed by atoms with Crippen molar-refractivity contribution in [2.24, 2.45) is 5.92 Å². The number of benzene rings is 1. The van der Waals surface area contributed by atoms with E-state index in [2.05, 4.69) is 10.6 Å². The van der Waals surface area contributed by atoms with Gasteiger partial charge in [-0.25, -0.2) is 8.78 Å². The van der Waals surface area contributed by atoms with Gasteiger partial charge in [0.05, 0.1) is 5.69 Å². The first-order valence-electron chi connectivity index (χ1n) is 5.69. The second-order valence-electron chi connectivity index (χ2n) is 4.65. The van der Waals surface area contributed by atoms with Crippen molar-refractivity contribution in [2.45, 2.75) is 25.3 Å². The maximum absolute atomic E-state index is 13.5. The molecule has 90 valence electrons. The van der Waals surface area contributed by atoms with E-state index in [1.54, 1.807) is 0 Å². The van der Waals surface area contributed by atoms with Gasteiger partial charge in [0.2, 0.25) is 5.91 Å². The van der Waals surface area contributed by atoms with Crippen LogP contribution in [0.3, 0.4) is 0 Å². The number of rotatable bonds is 1. The second-order valence-corrected chi connectivity index (χ2v) is 4.65. The number of carbonyl (C=O) groups is 1. The lowest BCUT2D eigenvalue weighted by Crippen LogP contribution is -2.24. The smallest absolute Gasteiger partial charge is 0.226 e. The van der Waals surface area contributed by atoms with E-state index in [1.807, 2.05) is 0 Å². The molecule has 3 nitrogen and oxygen atoms in total. The Morgan fingerprint density at radius 3 is 2.71 bits per heavy atom. The normalized spacial score (nSPS) is 23.4. The zero-order valence-electron chi connectivity index (χ0n) is 9.09. The highest BCUT2D eigenvalue weighted by Gasteiger charge is 2.35. The summed E-state index contributed by atoms with van der Waals surface area (Å²) in [5, 5.41) is 5.56. The van der Waals surface area contributed by atoms with Gasteiger partial charge in [-0.2, -0.15) is 0 Å². The van der Waals surface area contributed by atoms with Gasteiger partial charge >= 0.3 is 0 Å². The first kappa shape index (κ1) is 10.5. The standard InChI is InChI=1S/C12H12F2N2O/c13-7-3-8(14)12-10(4-7)15-9(6-1-2-6)5-11(17)16-12/h3-4,6,9,15H,1-2,5H2,(H,16,17). The van der Waals surface area contributed by atoms with Crippen LogP contribution >= 0.6 is 0 Å². The molecule has 3 rings (SSSR count). The molecule has 0 saturated heterocycles. The monoisotopic (exact) mass is 238 g/mol. The van der Waals surface area contributed by atoms with Crippen molar-refractivity contribution < 1.29 is 13.6 Å². The van der Waals surface area contributed by atoms with E-state index in [0.29, 0.717) is 18.0 Å². The summed E-state index contributed by atoms with van der Waals surface area (Å²) in [4.78, 5) is 11.6. The molecule has 1 amide bonds. The summed E-state index contributed by atoms with van der Waals surface area (Å²) in [6, 6.07) is 1.98. The Morgan fingerprint density at radius 1 is 1.24 bits per heavy atom. The lowest BCUT2D eigenvalue weighted by atomic mass is 10.1. The van der Waals surface area contributed by atoms with E-state index in [0.717, 1.165) is 18.9 Å². The first-order chi connectivity index (χ1) is 8.13. The van der Waals surface area contributed by atoms with Crippen LogP contribution in [0.2, 0.25) is 0 Å². The summed E-state index contributed by atoms with van der Waals surface area (Å²) in [6.45, 7) is 0. The number of nitrogens with one attached hydrogen (secondary N) is 2. The molecule has 1 aliphatic heterocycles. The predicted octanol–water partition coefficient (Wildman–Crippen LogP) is 2.50. The van der Waals surface area contributed by atoms with Crippen molar-refractivity contribution in [3.8, 4) is 0 Å². The van der Waals surface area contributed by atoms with E-state index >= 15 is 0 Å². The molecule has 17 heavy (non-hydrogen) atoms. The molecule has 2 aliphatic rings. The Hall–Kier alpha value is -1.65. The minimum Gasteiger partial charge on any atom is -0.380 e. The maximum Gasteiger partial charge on any atom is 0.226 e. The van der Waals surface area contributed by atoms with Crippen molar-refractivity contribution in [1.82, 2.24) is 0 Å². The Morgan fingerprint density at radius 2 is 2.00 bits per heavy atom. The van der Waals surface area contributed by atoms with Crippen molar-refractivity contribution in [1.29, 1.82) is 0 Å². The molecule has 5 heteroatoms. The fraction of sp³-hybridized carbons (Fsp3) is 0.417. The molecule has 1 atom stereocenters. The third-order valence-electron chi connectivity index (χ3n) is 3.26. The van der Waals surface area contributed by atoms with E-state index < -0.39 is 11.6 Å². The highest BCUT2D eigenvalue weighted by molar-refractivity contribution is 5.96. The van der Waals surface area contributed by atoms with Crippen LogP contribution in [0.15, 0.2) is 12.1 Å². The van der Waals surface area contributed by atoms with Gasteiger partial charge in [0.25, 0.3) is 0 Å². The highest BCUT2D eigenvalue weighted by Crippen LogP contribution is 2.39. The molecule has 1 aromatic rings. The van der Waals surface area contributed by atoms with Gasteiger partial charge in [0.15, 0.2) is 5.82 Å².